The fraction of sp³-hybridized carbons (Fsp3) is 0.429. The Hall–Kier alpha value is -2.68. The summed E-state index contributed by atoms with van der Waals surface area (Å²) in [7, 11) is 0. The van der Waals surface area contributed by atoms with E-state index in [0.29, 0.717) is 15.7 Å². The van der Waals surface area contributed by atoms with Gasteiger partial charge >= 0.3 is 11.9 Å². The Morgan fingerprint density at radius 3 is 2.43 bits per heavy atom. The van der Waals surface area contributed by atoms with Crippen LogP contribution in [0.1, 0.15) is 40.2 Å². The smallest absolute Gasteiger partial charge is 0.339 e. The zero-order chi connectivity index (χ0) is 22.4. The van der Waals surface area contributed by atoms with Crippen LogP contribution in [-0.2, 0) is 34.0 Å². The van der Waals surface area contributed by atoms with E-state index in [0.717, 1.165) is 0 Å². The standard InChI is InChI=1S/C21H23BrN2O6/c1-9(2)28-18(25)15-11(5)30-17(23)16(19(26)29-10(3)4)21(15)13-8-12(22)6-7-14(13)24-20(21)27/h6-10,16,23H,1-5H3,(H,24,27). The van der Waals surface area contributed by atoms with Crippen molar-refractivity contribution in [3.8, 4) is 0 Å². The largest absolute Gasteiger partial charge is 0.462 e. The van der Waals surface area contributed by atoms with Gasteiger partial charge in [0.15, 0.2) is 5.92 Å². The Balaban J connectivity index is 2.35. The summed E-state index contributed by atoms with van der Waals surface area (Å²) in [4.78, 5) is 39.7. The van der Waals surface area contributed by atoms with E-state index in [1.807, 2.05) is 0 Å². The number of nitrogens with one attached hydrogen (secondary N) is 2. The maximum atomic E-state index is 13.5. The zero-order valence-corrected chi connectivity index (χ0v) is 18.9. The first-order valence-corrected chi connectivity index (χ1v) is 10.3. The van der Waals surface area contributed by atoms with Crippen molar-refractivity contribution in [2.75, 3.05) is 5.32 Å². The first-order chi connectivity index (χ1) is 14.0. The molecule has 2 atom stereocenters. The van der Waals surface area contributed by atoms with E-state index in [1.54, 1.807) is 45.9 Å². The molecule has 0 bridgehead atoms. The van der Waals surface area contributed by atoms with Gasteiger partial charge in [-0.2, -0.15) is 0 Å². The Labute approximate surface area is 182 Å². The van der Waals surface area contributed by atoms with E-state index in [4.69, 9.17) is 19.6 Å². The minimum absolute atomic E-state index is 0.0298. The van der Waals surface area contributed by atoms with Crippen LogP contribution in [-0.4, -0.2) is 36.0 Å². The Bertz CT molecular complexity index is 984. The lowest BCUT2D eigenvalue weighted by molar-refractivity contribution is -0.155. The molecule has 2 N–H and O–H groups in total. The Kier molecular flexibility index (Phi) is 5.77. The van der Waals surface area contributed by atoms with Crippen LogP contribution >= 0.6 is 15.9 Å². The van der Waals surface area contributed by atoms with Crippen LogP contribution in [0.5, 0.6) is 0 Å². The van der Waals surface area contributed by atoms with E-state index < -0.39 is 47.3 Å². The number of carbonyl (C=O) groups is 3. The van der Waals surface area contributed by atoms with Crippen molar-refractivity contribution in [2.24, 2.45) is 5.92 Å². The molecule has 2 aliphatic heterocycles. The summed E-state index contributed by atoms with van der Waals surface area (Å²) >= 11 is 3.39. The summed E-state index contributed by atoms with van der Waals surface area (Å²) in [5, 5.41) is 11.1. The summed E-state index contributed by atoms with van der Waals surface area (Å²) in [6, 6.07) is 5.04. The first kappa shape index (κ1) is 22.0. The monoisotopic (exact) mass is 478 g/mol. The van der Waals surface area contributed by atoms with Gasteiger partial charge in [-0.15, -0.1) is 0 Å². The van der Waals surface area contributed by atoms with Crippen molar-refractivity contribution >= 4 is 45.4 Å². The number of esters is 2. The SMILES string of the molecule is CC1=C(C(=O)OC(C)C)C2(C(=O)Nc3ccc(Br)cc32)C(C(=O)OC(C)C)C(=N)O1. The van der Waals surface area contributed by atoms with Crippen LogP contribution in [0.15, 0.2) is 34.0 Å². The lowest BCUT2D eigenvalue weighted by atomic mass is 9.64. The maximum Gasteiger partial charge on any atom is 0.339 e. The van der Waals surface area contributed by atoms with Gasteiger partial charge in [-0.25, -0.2) is 4.79 Å². The molecule has 0 aliphatic carbocycles. The van der Waals surface area contributed by atoms with E-state index in [-0.39, 0.29) is 11.3 Å². The number of benzene rings is 1. The summed E-state index contributed by atoms with van der Waals surface area (Å²) < 4.78 is 16.9. The lowest BCUT2D eigenvalue weighted by Gasteiger charge is -2.39. The van der Waals surface area contributed by atoms with Gasteiger partial charge in [-0.05, 0) is 58.4 Å². The topological polar surface area (TPSA) is 115 Å². The van der Waals surface area contributed by atoms with Gasteiger partial charge in [0, 0.05) is 10.2 Å². The molecular formula is C21H23BrN2O6. The molecular weight excluding hydrogens is 456 g/mol. The van der Waals surface area contributed by atoms with Gasteiger partial charge in [0.25, 0.3) is 0 Å². The Morgan fingerprint density at radius 2 is 1.83 bits per heavy atom. The van der Waals surface area contributed by atoms with Crippen molar-refractivity contribution in [1.29, 1.82) is 5.41 Å². The van der Waals surface area contributed by atoms with Gasteiger partial charge in [-0.3, -0.25) is 15.0 Å². The number of fused-ring (bicyclic) bond motifs is 2. The molecule has 0 saturated heterocycles. The molecule has 1 spiro atoms. The van der Waals surface area contributed by atoms with Crippen molar-refractivity contribution in [3.63, 3.8) is 0 Å². The number of hydrogen-bond acceptors (Lipinski definition) is 7. The number of amides is 1. The molecule has 0 radical (unpaired) electrons. The third-order valence-electron chi connectivity index (χ3n) is 4.85. The summed E-state index contributed by atoms with van der Waals surface area (Å²) in [5.74, 6) is -4.18. The molecule has 0 aromatic heterocycles. The molecule has 1 aromatic rings. The van der Waals surface area contributed by atoms with Crippen molar-refractivity contribution < 1.29 is 28.6 Å². The van der Waals surface area contributed by atoms with Crippen LogP contribution in [0, 0.1) is 11.3 Å². The normalized spacial score (nSPS) is 22.9. The fourth-order valence-corrected chi connectivity index (χ4v) is 4.25. The number of hydrogen-bond donors (Lipinski definition) is 2. The molecule has 160 valence electrons. The van der Waals surface area contributed by atoms with Crippen LogP contribution in [0.4, 0.5) is 5.69 Å². The number of rotatable bonds is 4. The average Bonchev–Trinajstić information content (AvgIpc) is 2.85. The second-order valence-corrected chi connectivity index (χ2v) is 8.64. The van der Waals surface area contributed by atoms with Crippen molar-refractivity contribution in [1.82, 2.24) is 0 Å². The second kappa shape index (κ2) is 7.86. The number of anilines is 1. The fourth-order valence-electron chi connectivity index (χ4n) is 3.89. The number of carbonyl (C=O) groups excluding carboxylic acids is 3. The summed E-state index contributed by atoms with van der Waals surface area (Å²) in [6.07, 6.45) is -0.962. The summed E-state index contributed by atoms with van der Waals surface area (Å²) in [6.45, 7) is 8.14. The number of halogens is 1. The maximum absolute atomic E-state index is 13.5. The molecule has 1 aromatic carbocycles. The number of allylic oxidation sites excluding steroid dienone is 1. The van der Waals surface area contributed by atoms with Crippen LogP contribution in [0.25, 0.3) is 0 Å². The van der Waals surface area contributed by atoms with Gasteiger partial charge in [-0.1, -0.05) is 15.9 Å². The number of ether oxygens (including phenoxy) is 3. The molecule has 1 amide bonds. The zero-order valence-electron chi connectivity index (χ0n) is 17.3. The average molecular weight is 479 g/mol. The lowest BCUT2D eigenvalue weighted by Crippen LogP contribution is -2.56. The predicted octanol–water partition coefficient (Wildman–Crippen LogP) is 3.44. The highest BCUT2D eigenvalue weighted by molar-refractivity contribution is 9.10. The van der Waals surface area contributed by atoms with Gasteiger partial charge in [0.2, 0.25) is 11.8 Å². The molecule has 0 fully saturated rings. The van der Waals surface area contributed by atoms with E-state index >= 15 is 0 Å². The molecule has 2 aliphatic rings. The van der Waals surface area contributed by atoms with Crippen molar-refractivity contribution in [2.45, 2.75) is 52.2 Å². The molecule has 0 saturated carbocycles. The van der Waals surface area contributed by atoms with E-state index in [1.165, 1.54) is 6.92 Å². The molecule has 8 nitrogen and oxygen atoms in total. The van der Waals surface area contributed by atoms with E-state index in [9.17, 15) is 14.4 Å². The third kappa shape index (κ3) is 3.40. The third-order valence-corrected chi connectivity index (χ3v) is 5.35. The summed E-state index contributed by atoms with van der Waals surface area (Å²) in [5.41, 5.74) is -1.16. The minimum atomic E-state index is -1.85. The molecule has 2 heterocycles. The Morgan fingerprint density at radius 1 is 1.20 bits per heavy atom. The predicted molar refractivity (Wildman–Crippen MR) is 112 cm³/mol. The van der Waals surface area contributed by atoms with E-state index in [2.05, 4.69) is 21.2 Å². The molecule has 3 rings (SSSR count). The highest BCUT2D eigenvalue weighted by atomic mass is 79.9. The minimum Gasteiger partial charge on any atom is -0.462 e. The molecule has 30 heavy (non-hydrogen) atoms. The van der Waals surface area contributed by atoms with Crippen LogP contribution < -0.4 is 5.32 Å². The van der Waals surface area contributed by atoms with Crippen LogP contribution in [0.2, 0.25) is 0 Å². The molecule has 9 heteroatoms. The highest BCUT2D eigenvalue weighted by Crippen LogP contribution is 2.53. The van der Waals surface area contributed by atoms with Gasteiger partial charge < -0.3 is 19.5 Å². The van der Waals surface area contributed by atoms with Crippen molar-refractivity contribution in [3.05, 3.63) is 39.6 Å². The first-order valence-electron chi connectivity index (χ1n) is 9.50. The van der Waals surface area contributed by atoms with Crippen LogP contribution in [0.3, 0.4) is 0 Å². The van der Waals surface area contributed by atoms with Gasteiger partial charge in [0.1, 0.15) is 11.2 Å². The highest BCUT2D eigenvalue weighted by Gasteiger charge is 2.65. The quantitative estimate of drug-likeness (QED) is 0.640. The van der Waals surface area contributed by atoms with Gasteiger partial charge in [0.05, 0.1) is 17.8 Å². The second-order valence-electron chi connectivity index (χ2n) is 7.72. The molecule has 2 unspecified atom stereocenters.